The van der Waals surface area contributed by atoms with Gasteiger partial charge in [-0.3, -0.25) is 9.20 Å². The predicted molar refractivity (Wildman–Crippen MR) is 97.3 cm³/mol. The van der Waals surface area contributed by atoms with Crippen LogP contribution in [0.5, 0.6) is 0 Å². The van der Waals surface area contributed by atoms with Crippen LogP contribution in [0, 0.1) is 6.92 Å². The molecule has 0 aliphatic carbocycles. The zero-order chi connectivity index (χ0) is 18.2. The fourth-order valence-electron chi connectivity index (χ4n) is 2.60. The van der Waals surface area contributed by atoms with Crippen molar-refractivity contribution in [3.8, 4) is 0 Å². The molecule has 0 aliphatic heterocycles. The van der Waals surface area contributed by atoms with Crippen molar-refractivity contribution in [1.82, 2.24) is 24.9 Å². The highest BCUT2D eigenvalue weighted by atomic mass is 16.1. The van der Waals surface area contributed by atoms with Gasteiger partial charge < -0.3 is 10.6 Å². The molecule has 0 aliphatic rings. The lowest BCUT2D eigenvalue weighted by atomic mass is 9.96. The first-order valence-electron chi connectivity index (χ1n) is 8.11. The van der Waals surface area contributed by atoms with Crippen molar-refractivity contribution in [3.05, 3.63) is 47.5 Å². The molecule has 25 heavy (non-hydrogen) atoms. The van der Waals surface area contributed by atoms with Crippen molar-refractivity contribution < 1.29 is 4.79 Å². The van der Waals surface area contributed by atoms with Gasteiger partial charge in [0.15, 0.2) is 5.82 Å². The third-order valence-corrected chi connectivity index (χ3v) is 3.98. The number of nitrogens with zero attached hydrogens (tertiary/aromatic N) is 4. The van der Waals surface area contributed by atoms with Gasteiger partial charge in [-0.25, -0.2) is 4.98 Å². The summed E-state index contributed by atoms with van der Waals surface area (Å²) < 4.78 is 1.94. The fourth-order valence-corrected chi connectivity index (χ4v) is 2.60. The van der Waals surface area contributed by atoms with Gasteiger partial charge in [-0.1, -0.05) is 26.8 Å². The number of hydrogen-bond acceptors (Lipinski definition) is 5. The minimum atomic E-state index is -0.133. The SMILES string of the molecule is CNC(=O)c1ccc(C)c(Nc2nccn3c(C(C)(C)C)nnc23)c1. The van der Waals surface area contributed by atoms with Crippen LogP contribution in [-0.2, 0) is 5.41 Å². The quantitative estimate of drug-likeness (QED) is 0.767. The van der Waals surface area contributed by atoms with E-state index >= 15 is 0 Å². The molecule has 0 fully saturated rings. The summed E-state index contributed by atoms with van der Waals surface area (Å²) in [6.45, 7) is 8.25. The Morgan fingerprint density at radius 1 is 1.20 bits per heavy atom. The predicted octanol–water partition coefficient (Wildman–Crippen LogP) is 2.83. The largest absolute Gasteiger partial charge is 0.355 e. The highest BCUT2D eigenvalue weighted by Gasteiger charge is 2.22. The molecular weight excluding hydrogens is 316 g/mol. The van der Waals surface area contributed by atoms with Crippen LogP contribution in [0.15, 0.2) is 30.6 Å². The first kappa shape index (κ1) is 16.9. The van der Waals surface area contributed by atoms with Crippen LogP contribution < -0.4 is 10.6 Å². The van der Waals surface area contributed by atoms with Crippen molar-refractivity contribution in [1.29, 1.82) is 0 Å². The normalized spacial score (nSPS) is 11.6. The summed E-state index contributed by atoms with van der Waals surface area (Å²) in [7, 11) is 1.61. The van der Waals surface area contributed by atoms with Gasteiger partial charge in [0.2, 0.25) is 5.65 Å². The maximum Gasteiger partial charge on any atom is 0.251 e. The Hall–Kier alpha value is -2.96. The molecule has 2 N–H and O–H groups in total. The lowest BCUT2D eigenvalue weighted by molar-refractivity contribution is 0.0963. The summed E-state index contributed by atoms with van der Waals surface area (Å²) in [5, 5.41) is 14.5. The van der Waals surface area contributed by atoms with Gasteiger partial charge in [0.1, 0.15) is 5.82 Å². The van der Waals surface area contributed by atoms with Crippen LogP contribution in [0.3, 0.4) is 0 Å². The first-order chi connectivity index (χ1) is 11.8. The molecule has 1 amide bonds. The maximum absolute atomic E-state index is 11.9. The molecular formula is C18H22N6O. The van der Waals surface area contributed by atoms with Gasteiger partial charge in [-0.05, 0) is 24.6 Å². The molecule has 1 aromatic carbocycles. The number of amides is 1. The molecule has 0 bridgehead atoms. The van der Waals surface area contributed by atoms with E-state index in [0.717, 1.165) is 17.1 Å². The number of aryl methyl sites for hydroxylation is 1. The van der Waals surface area contributed by atoms with Crippen molar-refractivity contribution in [2.45, 2.75) is 33.1 Å². The summed E-state index contributed by atoms with van der Waals surface area (Å²) >= 11 is 0. The number of carbonyl (C=O) groups is 1. The van der Waals surface area contributed by atoms with E-state index in [4.69, 9.17) is 0 Å². The lowest BCUT2D eigenvalue weighted by Crippen LogP contribution is -2.18. The van der Waals surface area contributed by atoms with Gasteiger partial charge in [-0.15, -0.1) is 10.2 Å². The molecule has 0 radical (unpaired) electrons. The number of carbonyl (C=O) groups excluding carboxylic acids is 1. The Morgan fingerprint density at radius 3 is 2.64 bits per heavy atom. The van der Waals surface area contributed by atoms with Crippen LogP contribution in [-0.4, -0.2) is 32.5 Å². The van der Waals surface area contributed by atoms with E-state index in [0.29, 0.717) is 17.0 Å². The molecule has 0 saturated carbocycles. The summed E-state index contributed by atoms with van der Waals surface area (Å²) in [4.78, 5) is 16.3. The molecule has 7 nitrogen and oxygen atoms in total. The van der Waals surface area contributed by atoms with Gasteiger partial charge >= 0.3 is 0 Å². The molecule has 3 aromatic rings. The van der Waals surface area contributed by atoms with Crippen LogP contribution in [0.25, 0.3) is 5.65 Å². The summed E-state index contributed by atoms with van der Waals surface area (Å²) in [6, 6.07) is 5.50. The summed E-state index contributed by atoms with van der Waals surface area (Å²) in [5.74, 6) is 1.33. The second-order valence-corrected chi connectivity index (χ2v) is 6.98. The van der Waals surface area contributed by atoms with Crippen molar-refractivity contribution >= 4 is 23.1 Å². The molecule has 7 heteroatoms. The topological polar surface area (TPSA) is 84.2 Å². The number of benzene rings is 1. The number of anilines is 2. The molecule has 0 atom stereocenters. The molecule has 0 unspecified atom stereocenters. The minimum absolute atomic E-state index is 0.132. The number of rotatable bonds is 3. The summed E-state index contributed by atoms with van der Waals surface area (Å²) in [6.07, 6.45) is 3.57. The van der Waals surface area contributed by atoms with E-state index in [1.165, 1.54) is 0 Å². The van der Waals surface area contributed by atoms with Gasteiger partial charge in [-0.2, -0.15) is 0 Å². The molecule has 0 saturated heterocycles. The highest BCUT2D eigenvalue weighted by Crippen LogP contribution is 2.26. The molecule has 130 valence electrons. The zero-order valence-electron chi connectivity index (χ0n) is 15.1. The van der Waals surface area contributed by atoms with Gasteiger partial charge in [0.05, 0.1) is 0 Å². The molecule has 2 heterocycles. The monoisotopic (exact) mass is 338 g/mol. The van der Waals surface area contributed by atoms with Crippen LogP contribution in [0.4, 0.5) is 11.5 Å². The Morgan fingerprint density at radius 2 is 1.96 bits per heavy atom. The maximum atomic E-state index is 11.9. The van der Waals surface area contributed by atoms with Crippen LogP contribution in [0.2, 0.25) is 0 Å². The van der Waals surface area contributed by atoms with E-state index in [2.05, 4.69) is 46.6 Å². The second-order valence-electron chi connectivity index (χ2n) is 6.98. The molecule has 3 rings (SSSR count). The number of hydrogen-bond donors (Lipinski definition) is 2. The molecule has 0 spiro atoms. The Balaban J connectivity index is 2.04. The standard InChI is InChI=1S/C18H22N6O/c1-11-6-7-12(16(25)19-5)10-13(11)21-14-15-22-23-17(18(2,3)4)24(15)9-8-20-14/h6-10H,1-5H3,(H,19,25)(H,20,21). The number of aromatic nitrogens is 4. The van der Waals surface area contributed by atoms with E-state index in [1.807, 2.05) is 23.6 Å². The van der Waals surface area contributed by atoms with Gasteiger partial charge in [0, 0.05) is 36.1 Å². The third kappa shape index (κ3) is 3.17. The smallest absolute Gasteiger partial charge is 0.251 e. The highest BCUT2D eigenvalue weighted by molar-refractivity contribution is 5.95. The Labute approximate surface area is 146 Å². The Bertz CT molecular complexity index is 938. The Kier molecular flexibility index (Phi) is 4.16. The zero-order valence-corrected chi connectivity index (χ0v) is 15.1. The first-order valence-corrected chi connectivity index (χ1v) is 8.11. The van der Waals surface area contributed by atoms with Crippen LogP contribution >= 0.6 is 0 Å². The molecule has 2 aromatic heterocycles. The van der Waals surface area contributed by atoms with Crippen molar-refractivity contribution in [3.63, 3.8) is 0 Å². The van der Waals surface area contributed by atoms with E-state index in [9.17, 15) is 4.79 Å². The minimum Gasteiger partial charge on any atom is -0.355 e. The fraction of sp³-hybridized carbons (Fsp3) is 0.333. The van der Waals surface area contributed by atoms with Gasteiger partial charge in [0.25, 0.3) is 5.91 Å². The van der Waals surface area contributed by atoms with E-state index < -0.39 is 0 Å². The average Bonchev–Trinajstić information content (AvgIpc) is 3.01. The van der Waals surface area contributed by atoms with Crippen LogP contribution in [0.1, 0.15) is 42.5 Å². The number of fused-ring (bicyclic) bond motifs is 1. The third-order valence-electron chi connectivity index (χ3n) is 3.98. The average molecular weight is 338 g/mol. The summed E-state index contributed by atoms with van der Waals surface area (Å²) in [5.41, 5.74) is 2.91. The second kappa shape index (κ2) is 6.16. The van der Waals surface area contributed by atoms with E-state index in [1.54, 1.807) is 25.4 Å². The van der Waals surface area contributed by atoms with E-state index in [-0.39, 0.29) is 11.3 Å². The van der Waals surface area contributed by atoms with Crippen molar-refractivity contribution in [2.24, 2.45) is 0 Å². The lowest BCUT2D eigenvalue weighted by Gasteiger charge is -2.16. The number of nitrogens with one attached hydrogen (secondary N) is 2. The van der Waals surface area contributed by atoms with Crippen molar-refractivity contribution in [2.75, 3.05) is 12.4 Å².